The minimum atomic E-state index is -0.197. The Hall–Kier alpha value is -2.63. The van der Waals surface area contributed by atoms with Crippen LogP contribution in [0.4, 0.5) is 0 Å². The van der Waals surface area contributed by atoms with Crippen LogP contribution in [0.5, 0.6) is 0 Å². The van der Waals surface area contributed by atoms with E-state index in [0.29, 0.717) is 0 Å². The number of aryl methyl sites for hydroxylation is 3. The summed E-state index contributed by atoms with van der Waals surface area (Å²) in [6.45, 7) is 5.97. The molecule has 0 bridgehead atoms. The molecule has 2 heterocycles. The second-order valence-corrected chi connectivity index (χ2v) is 5.91. The van der Waals surface area contributed by atoms with E-state index in [1.165, 1.54) is 5.56 Å². The summed E-state index contributed by atoms with van der Waals surface area (Å²) in [5.74, 6) is 0.656. The molecule has 1 aromatic carbocycles. The molecule has 6 nitrogen and oxygen atoms in total. The minimum Gasteiger partial charge on any atom is -0.464 e. The first-order chi connectivity index (χ1) is 11.0. The van der Waals surface area contributed by atoms with Gasteiger partial charge in [-0.05, 0) is 31.9 Å². The van der Waals surface area contributed by atoms with Crippen LogP contribution in [-0.4, -0.2) is 20.7 Å². The molecule has 0 radical (unpaired) electrons. The Morgan fingerprint density at radius 2 is 2.17 bits per heavy atom. The first-order valence-corrected chi connectivity index (χ1v) is 7.57. The van der Waals surface area contributed by atoms with Gasteiger partial charge in [0.1, 0.15) is 11.9 Å². The molecule has 0 unspecified atom stereocenters. The van der Waals surface area contributed by atoms with Gasteiger partial charge in [-0.1, -0.05) is 12.1 Å². The molecule has 0 saturated carbocycles. The lowest BCUT2D eigenvalue weighted by atomic mass is 10.0. The molecule has 120 valence electrons. The number of hydrogen-bond acceptors (Lipinski definition) is 4. The molecule has 1 N–H and O–H groups in total. The third kappa shape index (κ3) is 2.84. The average Bonchev–Trinajstić information content (AvgIpc) is 3.10. The first kappa shape index (κ1) is 15.3. The molecule has 6 heteroatoms. The maximum Gasteiger partial charge on any atom is 0.225 e. The van der Waals surface area contributed by atoms with Crippen molar-refractivity contribution in [3.8, 4) is 0 Å². The molecule has 3 aromatic rings. The smallest absolute Gasteiger partial charge is 0.225 e. The van der Waals surface area contributed by atoms with E-state index >= 15 is 0 Å². The molecule has 1 amide bonds. The summed E-state index contributed by atoms with van der Waals surface area (Å²) in [5.41, 5.74) is 4.04. The quantitative estimate of drug-likeness (QED) is 0.803. The van der Waals surface area contributed by atoms with Crippen molar-refractivity contribution in [3.63, 3.8) is 0 Å². The summed E-state index contributed by atoms with van der Waals surface area (Å²) in [7, 11) is 1.85. The van der Waals surface area contributed by atoms with Crippen LogP contribution in [0.3, 0.4) is 0 Å². The second-order valence-electron chi connectivity index (χ2n) is 5.91. The number of hydrogen-bond donors (Lipinski definition) is 1. The Balaban J connectivity index is 1.76. The Kier molecular flexibility index (Phi) is 3.90. The number of amides is 1. The van der Waals surface area contributed by atoms with Crippen LogP contribution in [0.25, 0.3) is 11.0 Å². The zero-order valence-corrected chi connectivity index (χ0v) is 13.8. The van der Waals surface area contributed by atoms with Gasteiger partial charge in [-0.3, -0.25) is 4.79 Å². The zero-order valence-electron chi connectivity index (χ0n) is 13.8. The number of carbonyl (C=O) groups excluding carboxylic acids is 1. The van der Waals surface area contributed by atoms with Crippen LogP contribution in [0.1, 0.15) is 35.5 Å². The highest BCUT2D eigenvalue weighted by molar-refractivity contribution is 5.89. The van der Waals surface area contributed by atoms with Gasteiger partial charge in [0.25, 0.3) is 0 Å². The molecule has 23 heavy (non-hydrogen) atoms. The van der Waals surface area contributed by atoms with Crippen LogP contribution in [0.2, 0.25) is 0 Å². The van der Waals surface area contributed by atoms with E-state index in [-0.39, 0.29) is 18.4 Å². The normalized spacial score (nSPS) is 12.5. The Bertz CT molecular complexity index is 863. The SMILES string of the molecule is Cc1ccc2c(CC(=O)N[C@@H](C)c3nncn3C)coc2c1C. The molecule has 2 aromatic heterocycles. The van der Waals surface area contributed by atoms with Crippen LogP contribution in [0, 0.1) is 13.8 Å². The van der Waals surface area contributed by atoms with Gasteiger partial charge < -0.3 is 14.3 Å². The number of carbonyl (C=O) groups is 1. The molecule has 3 rings (SSSR count). The summed E-state index contributed by atoms with van der Waals surface area (Å²) < 4.78 is 7.45. The summed E-state index contributed by atoms with van der Waals surface area (Å²) in [6.07, 6.45) is 3.56. The van der Waals surface area contributed by atoms with Crippen molar-refractivity contribution >= 4 is 16.9 Å². The van der Waals surface area contributed by atoms with E-state index in [1.54, 1.807) is 17.2 Å². The topological polar surface area (TPSA) is 73.0 Å². The molecule has 0 fully saturated rings. The molecule has 0 aliphatic carbocycles. The third-order valence-electron chi connectivity index (χ3n) is 4.20. The Morgan fingerprint density at radius 3 is 2.87 bits per heavy atom. The van der Waals surface area contributed by atoms with Gasteiger partial charge in [-0.15, -0.1) is 10.2 Å². The number of nitrogens with one attached hydrogen (secondary N) is 1. The molecule has 0 spiro atoms. The number of rotatable bonds is 4. The van der Waals surface area contributed by atoms with Crippen molar-refractivity contribution < 1.29 is 9.21 Å². The largest absolute Gasteiger partial charge is 0.464 e. The van der Waals surface area contributed by atoms with Gasteiger partial charge in [-0.2, -0.15) is 0 Å². The number of aromatic nitrogens is 3. The molecular weight excluding hydrogens is 292 g/mol. The average molecular weight is 312 g/mol. The standard InChI is InChI=1S/C17H20N4O2/c1-10-5-6-14-13(8-23-16(14)11(10)2)7-15(22)19-12(3)17-20-18-9-21(17)4/h5-6,8-9,12H,7H2,1-4H3,(H,19,22)/t12-/m0/s1. The molecular formula is C17H20N4O2. The maximum atomic E-state index is 12.3. The van der Waals surface area contributed by atoms with Gasteiger partial charge in [0.15, 0.2) is 5.82 Å². The predicted molar refractivity (Wildman–Crippen MR) is 87.0 cm³/mol. The summed E-state index contributed by atoms with van der Waals surface area (Å²) >= 11 is 0. The molecule has 0 aliphatic heterocycles. The lowest BCUT2D eigenvalue weighted by Gasteiger charge is -2.12. The van der Waals surface area contributed by atoms with Gasteiger partial charge >= 0.3 is 0 Å². The highest BCUT2D eigenvalue weighted by Gasteiger charge is 2.17. The number of nitrogens with zero attached hydrogens (tertiary/aromatic N) is 3. The highest BCUT2D eigenvalue weighted by Crippen LogP contribution is 2.26. The number of furan rings is 1. The van der Waals surface area contributed by atoms with E-state index < -0.39 is 0 Å². The fourth-order valence-electron chi connectivity index (χ4n) is 2.74. The summed E-state index contributed by atoms with van der Waals surface area (Å²) in [4.78, 5) is 12.3. The van der Waals surface area contributed by atoms with Crippen molar-refractivity contribution in [1.29, 1.82) is 0 Å². The highest BCUT2D eigenvalue weighted by atomic mass is 16.3. The summed E-state index contributed by atoms with van der Waals surface area (Å²) in [5, 5.41) is 11.8. The van der Waals surface area contributed by atoms with Crippen LogP contribution in [0.15, 0.2) is 29.1 Å². The van der Waals surface area contributed by atoms with E-state index in [1.807, 2.05) is 33.9 Å². The van der Waals surface area contributed by atoms with Crippen molar-refractivity contribution in [2.45, 2.75) is 33.2 Å². The lowest BCUT2D eigenvalue weighted by Crippen LogP contribution is -2.29. The van der Waals surface area contributed by atoms with Crippen molar-refractivity contribution in [1.82, 2.24) is 20.1 Å². The molecule has 0 aliphatic rings. The van der Waals surface area contributed by atoms with Gasteiger partial charge in [0, 0.05) is 18.0 Å². The number of fused-ring (bicyclic) bond motifs is 1. The predicted octanol–water partition coefficient (Wildman–Crippen LogP) is 2.60. The Labute approximate surface area is 134 Å². The second kappa shape index (κ2) is 5.87. The zero-order chi connectivity index (χ0) is 16.6. The number of benzene rings is 1. The maximum absolute atomic E-state index is 12.3. The van der Waals surface area contributed by atoms with Crippen LogP contribution < -0.4 is 5.32 Å². The van der Waals surface area contributed by atoms with E-state index in [2.05, 4.69) is 21.6 Å². The van der Waals surface area contributed by atoms with Crippen molar-refractivity contribution in [2.24, 2.45) is 7.05 Å². The summed E-state index contributed by atoms with van der Waals surface area (Å²) in [6, 6.07) is 3.87. The van der Waals surface area contributed by atoms with Crippen molar-refractivity contribution in [2.75, 3.05) is 0 Å². The van der Waals surface area contributed by atoms with E-state index in [4.69, 9.17) is 4.42 Å². The van der Waals surface area contributed by atoms with E-state index in [9.17, 15) is 4.79 Å². The molecule has 0 saturated heterocycles. The Morgan fingerprint density at radius 1 is 1.39 bits per heavy atom. The van der Waals surface area contributed by atoms with Gasteiger partial charge in [0.05, 0.1) is 18.7 Å². The minimum absolute atomic E-state index is 0.0681. The molecule has 1 atom stereocenters. The first-order valence-electron chi connectivity index (χ1n) is 7.57. The lowest BCUT2D eigenvalue weighted by molar-refractivity contribution is -0.121. The van der Waals surface area contributed by atoms with Gasteiger partial charge in [0.2, 0.25) is 5.91 Å². The van der Waals surface area contributed by atoms with Crippen LogP contribution in [-0.2, 0) is 18.3 Å². The van der Waals surface area contributed by atoms with Crippen molar-refractivity contribution in [3.05, 3.63) is 47.2 Å². The van der Waals surface area contributed by atoms with Crippen LogP contribution >= 0.6 is 0 Å². The van der Waals surface area contributed by atoms with Gasteiger partial charge in [-0.25, -0.2) is 0 Å². The fraction of sp³-hybridized carbons (Fsp3) is 0.353. The third-order valence-corrected chi connectivity index (χ3v) is 4.20. The van der Waals surface area contributed by atoms with E-state index in [0.717, 1.165) is 27.9 Å². The monoisotopic (exact) mass is 312 g/mol. The fourth-order valence-corrected chi connectivity index (χ4v) is 2.74.